The highest BCUT2D eigenvalue weighted by Crippen LogP contribution is 2.48. The van der Waals surface area contributed by atoms with Gasteiger partial charge >= 0.3 is 0 Å². The summed E-state index contributed by atoms with van der Waals surface area (Å²) in [5.74, 6) is 1.73. The molecule has 2 heteroatoms. The summed E-state index contributed by atoms with van der Waals surface area (Å²) >= 11 is 0. The number of methoxy groups -OCH3 is 1. The van der Waals surface area contributed by atoms with Crippen molar-refractivity contribution in [3.05, 3.63) is 0 Å². The third kappa shape index (κ3) is 3.71. The van der Waals surface area contributed by atoms with Crippen LogP contribution in [0, 0.1) is 17.3 Å². The van der Waals surface area contributed by atoms with E-state index in [1.807, 2.05) is 7.11 Å². The van der Waals surface area contributed by atoms with Crippen molar-refractivity contribution in [1.82, 2.24) is 5.32 Å². The monoisotopic (exact) mass is 253 g/mol. The van der Waals surface area contributed by atoms with Gasteiger partial charge in [-0.05, 0) is 49.4 Å². The molecule has 0 radical (unpaired) electrons. The van der Waals surface area contributed by atoms with Crippen LogP contribution in [-0.4, -0.2) is 26.3 Å². The van der Waals surface area contributed by atoms with Gasteiger partial charge in [0.1, 0.15) is 0 Å². The Morgan fingerprint density at radius 1 is 1.22 bits per heavy atom. The fraction of sp³-hybridized carbons (Fsp3) is 1.00. The highest BCUT2D eigenvalue weighted by molar-refractivity contribution is 4.96. The molecule has 0 spiro atoms. The van der Waals surface area contributed by atoms with Gasteiger partial charge in [0.05, 0.1) is 0 Å². The first kappa shape index (κ1) is 14.3. The predicted molar refractivity (Wildman–Crippen MR) is 76.7 cm³/mol. The molecule has 0 aliphatic heterocycles. The van der Waals surface area contributed by atoms with Crippen LogP contribution >= 0.6 is 0 Å². The lowest BCUT2D eigenvalue weighted by molar-refractivity contribution is 0.160. The zero-order valence-corrected chi connectivity index (χ0v) is 12.5. The molecule has 2 saturated carbocycles. The predicted octanol–water partition coefficient (Wildman–Crippen LogP) is 3.61. The molecular formula is C16H31NO. The van der Waals surface area contributed by atoms with E-state index >= 15 is 0 Å². The first-order chi connectivity index (χ1) is 8.67. The fourth-order valence-electron chi connectivity index (χ4n) is 3.57. The molecule has 0 amide bonds. The molecule has 106 valence electrons. The molecule has 2 fully saturated rings. The van der Waals surface area contributed by atoms with E-state index in [9.17, 15) is 0 Å². The molecule has 0 aromatic rings. The van der Waals surface area contributed by atoms with Gasteiger partial charge in [-0.25, -0.2) is 0 Å². The van der Waals surface area contributed by atoms with Crippen molar-refractivity contribution in [2.45, 2.75) is 64.8 Å². The first-order valence-corrected chi connectivity index (χ1v) is 7.89. The summed E-state index contributed by atoms with van der Waals surface area (Å²) in [5.41, 5.74) is 0.592. The maximum atomic E-state index is 5.24. The molecule has 0 aromatic carbocycles. The Balaban J connectivity index is 1.77. The van der Waals surface area contributed by atoms with E-state index in [0.29, 0.717) is 5.41 Å². The third-order valence-electron chi connectivity index (χ3n) is 5.21. The minimum absolute atomic E-state index is 0.592. The highest BCUT2D eigenvalue weighted by atomic mass is 16.5. The van der Waals surface area contributed by atoms with Crippen molar-refractivity contribution in [3.63, 3.8) is 0 Å². The van der Waals surface area contributed by atoms with Crippen LogP contribution in [0.2, 0.25) is 0 Å². The van der Waals surface area contributed by atoms with E-state index < -0.39 is 0 Å². The van der Waals surface area contributed by atoms with Crippen LogP contribution in [-0.2, 0) is 4.74 Å². The second-order valence-corrected chi connectivity index (χ2v) is 6.92. The standard InChI is InChI=1S/C16H31NO/c1-13(2)14-6-4-5-7-15(14)17-12-16(8-9-16)10-11-18-3/h13-15,17H,4-12H2,1-3H3. The minimum Gasteiger partial charge on any atom is -0.385 e. The average molecular weight is 253 g/mol. The Morgan fingerprint density at radius 3 is 2.56 bits per heavy atom. The average Bonchev–Trinajstić information content (AvgIpc) is 3.15. The van der Waals surface area contributed by atoms with Crippen molar-refractivity contribution in [2.75, 3.05) is 20.3 Å². The lowest BCUT2D eigenvalue weighted by Crippen LogP contribution is -2.43. The van der Waals surface area contributed by atoms with Crippen LogP contribution < -0.4 is 5.32 Å². The van der Waals surface area contributed by atoms with Crippen LogP contribution in [0.15, 0.2) is 0 Å². The Morgan fingerprint density at radius 2 is 1.94 bits per heavy atom. The molecule has 2 aliphatic carbocycles. The molecule has 2 atom stereocenters. The summed E-state index contributed by atoms with van der Waals surface area (Å²) in [6.45, 7) is 6.94. The van der Waals surface area contributed by atoms with Crippen LogP contribution in [0.25, 0.3) is 0 Å². The van der Waals surface area contributed by atoms with Gasteiger partial charge in [-0.15, -0.1) is 0 Å². The lowest BCUT2D eigenvalue weighted by atomic mass is 9.77. The van der Waals surface area contributed by atoms with Gasteiger partial charge in [0.15, 0.2) is 0 Å². The third-order valence-corrected chi connectivity index (χ3v) is 5.21. The number of rotatable bonds is 7. The molecule has 0 bridgehead atoms. The topological polar surface area (TPSA) is 21.3 Å². The second kappa shape index (κ2) is 6.38. The molecular weight excluding hydrogens is 222 g/mol. The molecule has 2 unspecified atom stereocenters. The van der Waals surface area contributed by atoms with E-state index in [2.05, 4.69) is 19.2 Å². The number of ether oxygens (including phenoxy) is 1. The molecule has 2 nitrogen and oxygen atoms in total. The Hall–Kier alpha value is -0.0800. The highest BCUT2D eigenvalue weighted by Gasteiger charge is 2.42. The van der Waals surface area contributed by atoms with Crippen LogP contribution in [0.3, 0.4) is 0 Å². The number of hydrogen-bond donors (Lipinski definition) is 1. The van der Waals surface area contributed by atoms with Gasteiger partial charge in [0.25, 0.3) is 0 Å². The van der Waals surface area contributed by atoms with E-state index in [-0.39, 0.29) is 0 Å². The van der Waals surface area contributed by atoms with E-state index in [1.165, 1.54) is 51.5 Å². The quantitative estimate of drug-likeness (QED) is 0.748. The second-order valence-electron chi connectivity index (χ2n) is 6.92. The maximum absolute atomic E-state index is 5.24. The number of hydrogen-bond acceptors (Lipinski definition) is 2. The van der Waals surface area contributed by atoms with Crippen LogP contribution in [0.1, 0.15) is 58.8 Å². The van der Waals surface area contributed by atoms with Gasteiger partial charge in [-0.3, -0.25) is 0 Å². The maximum Gasteiger partial charge on any atom is 0.0468 e. The Bertz CT molecular complexity index is 247. The van der Waals surface area contributed by atoms with Crippen molar-refractivity contribution >= 4 is 0 Å². The summed E-state index contributed by atoms with van der Waals surface area (Å²) in [7, 11) is 1.82. The molecule has 2 aliphatic rings. The smallest absolute Gasteiger partial charge is 0.0468 e. The molecule has 0 aromatic heterocycles. The van der Waals surface area contributed by atoms with E-state index in [0.717, 1.165) is 24.5 Å². The summed E-state index contributed by atoms with van der Waals surface area (Å²) in [4.78, 5) is 0. The van der Waals surface area contributed by atoms with Gasteiger partial charge in [-0.1, -0.05) is 26.7 Å². The van der Waals surface area contributed by atoms with Gasteiger partial charge < -0.3 is 10.1 Å². The minimum atomic E-state index is 0.592. The Labute approximate surface area is 113 Å². The van der Waals surface area contributed by atoms with E-state index in [4.69, 9.17) is 4.74 Å². The largest absolute Gasteiger partial charge is 0.385 e. The Kier molecular flexibility index (Phi) is 5.08. The molecule has 0 heterocycles. The van der Waals surface area contributed by atoms with Gasteiger partial charge in [0.2, 0.25) is 0 Å². The molecule has 1 N–H and O–H groups in total. The molecule has 0 saturated heterocycles. The van der Waals surface area contributed by atoms with Crippen molar-refractivity contribution in [3.8, 4) is 0 Å². The number of nitrogens with one attached hydrogen (secondary N) is 1. The SMILES string of the molecule is COCCC1(CNC2CCCCC2C(C)C)CC1. The van der Waals surface area contributed by atoms with Crippen molar-refractivity contribution in [2.24, 2.45) is 17.3 Å². The van der Waals surface area contributed by atoms with Gasteiger partial charge in [0, 0.05) is 26.3 Å². The van der Waals surface area contributed by atoms with Crippen molar-refractivity contribution in [1.29, 1.82) is 0 Å². The lowest BCUT2D eigenvalue weighted by Gasteiger charge is -2.36. The zero-order chi connectivity index (χ0) is 13.0. The summed E-state index contributed by atoms with van der Waals surface area (Å²) in [6.07, 6.45) is 9.74. The summed E-state index contributed by atoms with van der Waals surface area (Å²) in [6, 6.07) is 0.777. The molecule has 18 heavy (non-hydrogen) atoms. The fourth-order valence-corrected chi connectivity index (χ4v) is 3.57. The zero-order valence-electron chi connectivity index (χ0n) is 12.5. The van der Waals surface area contributed by atoms with Gasteiger partial charge in [-0.2, -0.15) is 0 Å². The normalized spacial score (nSPS) is 30.7. The summed E-state index contributed by atoms with van der Waals surface area (Å²) < 4.78 is 5.24. The first-order valence-electron chi connectivity index (χ1n) is 7.89. The van der Waals surface area contributed by atoms with Crippen LogP contribution in [0.4, 0.5) is 0 Å². The van der Waals surface area contributed by atoms with Crippen LogP contribution in [0.5, 0.6) is 0 Å². The van der Waals surface area contributed by atoms with E-state index in [1.54, 1.807) is 0 Å². The molecule has 2 rings (SSSR count). The summed E-state index contributed by atoms with van der Waals surface area (Å²) in [5, 5.41) is 3.91. The van der Waals surface area contributed by atoms with Crippen molar-refractivity contribution < 1.29 is 4.74 Å².